The van der Waals surface area contributed by atoms with Crippen LogP contribution < -0.4 is 4.74 Å². The van der Waals surface area contributed by atoms with E-state index in [1.807, 2.05) is 0 Å². The fourth-order valence-corrected chi connectivity index (χ4v) is 2.80. The zero-order chi connectivity index (χ0) is 14.1. The average Bonchev–Trinajstić information content (AvgIpc) is 2.47. The van der Waals surface area contributed by atoms with Crippen LogP contribution in [0.1, 0.15) is 11.1 Å². The van der Waals surface area contributed by atoms with Gasteiger partial charge in [0, 0.05) is 5.39 Å². The van der Waals surface area contributed by atoms with Crippen molar-refractivity contribution in [2.75, 3.05) is 7.11 Å². The van der Waals surface area contributed by atoms with Gasteiger partial charge in [-0.15, -0.1) is 0 Å². The summed E-state index contributed by atoms with van der Waals surface area (Å²) in [6.07, 6.45) is 0. The summed E-state index contributed by atoms with van der Waals surface area (Å²) in [5, 5.41) is 2.39. The highest BCUT2D eigenvalue weighted by atomic mass is 16.5. The Labute approximate surface area is 119 Å². The second-order valence-electron chi connectivity index (χ2n) is 5.18. The molecule has 1 nitrogen and oxygen atoms in total. The smallest absolute Gasteiger partial charge is 0.126 e. The van der Waals surface area contributed by atoms with Crippen LogP contribution in [0.25, 0.3) is 21.9 Å². The van der Waals surface area contributed by atoms with Crippen LogP contribution in [0.3, 0.4) is 0 Å². The lowest BCUT2D eigenvalue weighted by Crippen LogP contribution is -1.89. The van der Waals surface area contributed by atoms with Gasteiger partial charge >= 0.3 is 0 Å². The molecule has 0 aliphatic heterocycles. The molecule has 0 saturated carbocycles. The zero-order valence-corrected chi connectivity index (χ0v) is 12.1. The van der Waals surface area contributed by atoms with Crippen LogP contribution in [0, 0.1) is 13.8 Å². The molecule has 0 saturated heterocycles. The maximum atomic E-state index is 5.47. The van der Waals surface area contributed by atoms with Crippen molar-refractivity contribution in [3.8, 4) is 16.9 Å². The van der Waals surface area contributed by atoms with Crippen LogP contribution in [0.2, 0.25) is 0 Å². The van der Waals surface area contributed by atoms with Crippen LogP contribution in [-0.2, 0) is 0 Å². The van der Waals surface area contributed by atoms with Crippen molar-refractivity contribution < 1.29 is 4.74 Å². The first kappa shape index (κ1) is 12.7. The molecule has 0 aliphatic carbocycles. The fraction of sp³-hybridized carbons (Fsp3) is 0.158. The minimum absolute atomic E-state index is 0.925. The lowest BCUT2D eigenvalue weighted by Gasteiger charge is -2.13. The SMILES string of the molecule is COc1ccc(-c2ccc(C)cc2C)c2ccccc12. The van der Waals surface area contributed by atoms with Gasteiger partial charge in [-0.1, -0.05) is 54.1 Å². The molecule has 0 bridgehead atoms. The van der Waals surface area contributed by atoms with Crippen molar-refractivity contribution in [3.05, 3.63) is 65.7 Å². The van der Waals surface area contributed by atoms with E-state index in [-0.39, 0.29) is 0 Å². The van der Waals surface area contributed by atoms with E-state index in [1.165, 1.54) is 27.6 Å². The molecule has 3 aromatic rings. The molecule has 0 fully saturated rings. The Morgan fingerprint density at radius 1 is 0.750 bits per heavy atom. The highest BCUT2D eigenvalue weighted by Gasteiger charge is 2.09. The minimum atomic E-state index is 0.925. The lowest BCUT2D eigenvalue weighted by atomic mass is 9.94. The minimum Gasteiger partial charge on any atom is -0.496 e. The highest BCUT2D eigenvalue weighted by Crippen LogP contribution is 2.35. The molecule has 0 unspecified atom stereocenters. The Kier molecular flexibility index (Phi) is 3.19. The highest BCUT2D eigenvalue weighted by molar-refractivity contribution is 6.00. The molecule has 1 heteroatoms. The van der Waals surface area contributed by atoms with Gasteiger partial charge in [-0.25, -0.2) is 0 Å². The molecule has 0 amide bonds. The largest absolute Gasteiger partial charge is 0.496 e. The predicted octanol–water partition coefficient (Wildman–Crippen LogP) is 5.13. The Bertz CT molecular complexity index is 772. The molecule has 0 N–H and O–H groups in total. The quantitative estimate of drug-likeness (QED) is 0.622. The van der Waals surface area contributed by atoms with E-state index in [4.69, 9.17) is 4.74 Å². The summed E-state index contributed by atoms with van der Waals surface area (Å²) in [5.41, 5.74) is 5.15. The Balaban J connectivity index is 2.32. The average molecular weight is 262 g/mol. The number of aryl methyl sites for hydroxylation is 2. The summed E-state index contributed by atoms with van der Waals surface area (Å²) in [6, 6.07) is 19.2. The van der Waals surface area contributed by atoms with Crippen LogP contribution in [-0.4, -0.2) is 7.11 Å². The topological polar surface area (TPSA) is 9.23 Å². The van der Waals surface area contributed by atoms with Crippen molar-refractivity contribution in [3.63, 3.8) is 0 Å². The van der Waals surface area contributed by atoms with Crippen LogP contribution in [0.5, 0.6) is 5.75 Å². The van der Waals surface area contributed by atoms with Gasteiger partial charge in [-0.2, -0.15) is 0 Å². The molecule has 0 aromatic heterocycles. The van der Waals surface area contributed by atoms with E-state index >= 15 is 0 Å². The fourth-order valence-electron chi connectivity index (χ4n) is 2.80. The van der Waals surface area contributed by atoms with Crippen molar-refractivity contribution in [1.82, 2.24) is 0 Å². The first-order chi connectivity index (χ1) is 9.70. The third kappa shape index (κ3) is 2.05. The number of rotatable bonds is 2. The first-order valence-corrected chi connectivity index (χ1v) is 6.84. The number of methoxy groups -OCH3 is 1. The van der Waals surface area contributed by atoms with E-state index in [1.54, 1.807) is 7.11 Å². The standard InChI is InChI=1S/C19H18O/c1-13-8-9-15(14(2)12-13)17-10-11-19(20-3)18-7-5-4-6-16(17)18/h4-12H,1-3H3. The monoisotopic (exact) mass is 262 g/mol. The molecule has 3 rings (SSSR count). The van der Waals surface area contributed by atoms with Gasteiger partial charge in [0.25, 0.3) is 0 Å². The van der Waals surface area contributed by atoms with E-state index in [0.717, 1.165) is 11.1 Å². The number of benzene rings is 3. The Hall–Kier alpha value is -2.28. The number of hydrogen-bond donors (Lipinski definition) is 0. The van der Waals surface area contributed by atoms with Crippen molar-refractivity contribution in [2.45, 2.75) is 13.8 Å². The Morgan fingerprint density at radius 2 is 1.45 bits per heavy atom. The van der Waals surface area contributed by atoms with Gasteiger partial charge in [0.2, 0.25) is 0 Å². The van der Waals surface area contributed by atoms with Gasteiger partial charge < -0.3 is 4.74 Å². The summed E-state index contributed by atoms with van der Waals surface area (Å²) in [4.78, 5) is 0. The van der Waals surface area contributed by atoms with Gasteiger partial charge in [-0.05, 0) is 42.0 Å². The van der Waals surface area contributed by atoms with Crippen molar-refractivity contribution in [1.29, 1.82) is 0 Å². The van der Waals surface area contributed by atoms with E-state index in [2.05, 4.69) is 68.4 Å². The predicted molar refractivity (Wildman–Crippen MR) is 85.4 cm³/mol. The molecule has 100 valence electrons. The van der Waals surface area contributed by atoms with E-state index in [9.17, 15) is 0 Å². The summed E-state index contributed by atoms with van der Waals surface area (Å²) < 4.78 is 5.47. The second kappa shape index (κ2) is 5.01. The molecule has 0 heterocycles. The summed E-state index contributed by atoms with van der Waals surface area (Å²) >= 11 is 0. The summed E-state index contributed by atoms with van der Waals surface area (Å²) in [7, 11) is 1.72. The van der Waals surface area contributed by atoms with Crippen LogP contribution in [0.4, 0.5) is 0 Å². The third-order valence-corrected chi connectivity index (χ3v) is 3.78. The normalized spacial score (nSPS) is 10.8. The molecule has 0 spiro atoms. The maximum absolute atomic E-state index is 5.47. The number of hydrogen-bond acceptors (Lipinski definition) is 1. The third-order valence-electron chi connectivity index (χ3n) is 3.78. The van der Waals surface area contributed by atoms with Gasteiger partial charge in [-0.3, -0.25) is 0 Å². The number of ether oxygens (including phenoxy) is 1. The van der Waals surface area contributed by atoms with Crippen LogP contribution >= 0.6 is 0 Å². The molecular weight excluding hydrogens is 244 g/mol. The van der Waals surface area contributed by atoms with Crippen LogP contribution in [0.15, 0.2) is 54.6 Å². The lowest BCUT2D eigenvalue weighted by molar-refractivity contribution is 0.420. The summed E-state index contributed by atoms with van der Waals surface area (Å²) in [5.74, 6) is 0.925. The molecule has 3 aromatic carbocycles. The van der Waals surface area contributed by atoms with Gasteiger partial charge in [0.15, 0.2) is 0 Å². The van der Waals surface area contributed by atoms with Crippen molar-refractivity contribution in [2.24, 2.45) is 0 Å². The molecule has 20 heavy (non-hydrogen) atoms. The first-order valence-electron chi connectivity index (χ1n) is 6.84. The number of fused-ring (bicyclic) bond motifs is 1. The van der Waals surface area contributed by atoms with Gasteiger partial charge in [0.1, 0.15) is 5.75 Å². The molecule has 0 radical (unpaired) electrons. The molecule has 0 atom stereocenters. The van der Waals surface area contributed by atoms with E-state index < -0.39 is 0 Å². The zero-order valence-electron chi connectivity index (χ0n) is 12.1. The second-order valence-corrected chi connectivity index (χ2v) is 5.18. The maximum Gasteiger partial charge on any atom is 0.126 e. The van der Waals surface area contributed by atoms with E-state index in [0.29, 0.717) is 0 Å². The molecule has 0 aliphatic rings. The van der Waals surface area contributed by atoms with Gasteiger partial charge in [0.05, 0.1) is 7.11 Å². The van der Waals surface area contributed by atoms with Crippen molar-refractivity contribution >= 4 is 10.8 Å². The Morgan fingerprint density at radius 3 is 2.15 bits per heavy atom. The molecular formula is C19H18O. The summed E-state index contributed by atoms with van der Waals surface area (Å²) in [6.45, 7) is 4.30.